The first kappa shape index (κ1) is 15.9. The van der Waals surface area contributed by atoms with E-state index in [2.05, 4.69) is 38.0 Å². The summed E-state index contributed by atoms with van der Waals surface area (Å²) >= 11 is 0. The van der Waals surface area contributed by atoms with Crippen molar-refractivity contribution >= 4 is 11.0 Å². The number of hydrazine groups is 1. The van der Waals surface area contributed by atoms with E-state index in [-0.39, 0.29) is 23.0 Å². The van der Waals surface area contributed by atoms with Gasteiger partial charge in [0.15, 0.2) is 11.4 Å². The number of nitrogens with two attached hydrogens (primary N) is 1. The smallest absolute Gasteiger partial charge is 0.169 e. The Morgan fingerprint density at radius 1 is 1.33 bits per heavy atom. The fourth-order valence-corrected chi connectivity index (χ4v) is 3.05. The third kappa shape index (κ3) is 2.81. The molecule has 0 fully saturated rings. The van der Waals surface area contributed by atoms with Crippen LogP contribution < -0.4 is 11.3 Å². The van der Waals surface area contributed by atoms with Gasteiger partial charge in [-0.2, -0.15) is 0 Å². The molecule has 2 rings (SSSR count). The van der Waals surface area contributed by atoms with E-state index in [1.165, 1.54) is 6.07 Å². The molecule has 0 aliphatic carbocycles. The molecule has 1 aromatic carbocycles. The minimum atomic E-state index is -0.352. The maximum atomic E-state index is 13.8. The van der Waals surface area contributed by atoms with Crippen LogP contribution in [-0.4, -0.2) is 23.5 Å². The molecule has 1 unspecified atom stereocenters. The van der Waals surface area contributed by atoms with E-state index >= 15 is 0 Å². The highest BCUT2D eigenvalue weighted by Gasteiger charge is 2.36. The van der Waals surface area contributed by atoms with Crippen LogP contribution in [0.1, 0.15) is 39.5 Å². The molecule has 5 heteroatoms. The number of halogens is 1. The first-order valence-electron chi connectivity index (χ1n) is 7.34. The van der Waals surface area contributed by atoms with E-state index in [0.29, 0.717) is 5.76 Å². The Kier molecular flexibility index (Phi) is 4.66. The second-order valence-corrected chi connectivity index (χ2v) is 5.73. The lowest BCUT2D eigenvalue weighted by atomic mass is 9.90. The lowest BCUT2D eigenvalue weighted by Crippen LogP contribution is -2.54. The maximum Gasteiger partial charge on any atom is 0.169 e. The number of fused-ring (bicyclic) bond motifs is 1. The highest BCUT2D eigenvalue weighted by Crippen LogP contribution is 2.34. The number of rotatable bonds is 6. The highest BCUT2D eigenvalue weighted by atomic mass is 19.1. The van der Waals surface area contributed by atoms with Crippen molar-refractivity contribution in [3.05, 3.63) is 35.8 Å². The van der Waals surface area contributed by atoms with Gasteiger partial charge in [0.05, 0.1) is 6.04 Å². The van der Waals surface area contributed by atoms with E-state index in [9.17, 15) is 4.39 Å². The summed E-state index contributed by atoms with van der Waals surface area (Å²) in [5.41, 5.74) is 2.85. The minimum Gasteiger partial charge on any atom is -0.456 e. The van der Waals surface area contributed by atoms with Gasteiger partial charge in [-0.25, -0.2) is 9.82 Å². The molecule has 116 valence electrons. The van der Waals surface area contributed by atoms with Crippen molar-refractivity contribution in [1.82, 2.24) is 10.3 Å². The number of hydrogen-bond donors (Lipinski definition) is 2. The topological polar surface area (TPSA) is 54.4 Å². The second kappa shape index (κ2) is 6.13. The third-order valence-corrected chi connectivity index (χ3v) is 4.25. The first-order chi connectivity index (χ1) is 9.95. The zero-order chi connectivity index (χ0) is 15.6. The van der Waals surface area contributed by atoms with Crippen LogP contribution in [0.15, 0.2) is 28.7 Å². The van der Waals surface area contributed by atoms with Crippen LogP contribution in [0.25, 0.3) is 11.0 Å². The van der Waals surface area contributed by atoms with Gasteiger partial charge in [0, 0.05) is 10.9 Å². The van der Waals surface area contributed by atoms with Crippen LogP contribution in [-0.2, 0) is 0 Å². The van der Waals surface area contributed by atoms with Gasteiger partial charge in [-0.3, -0.25) is 10.7 Å². The third-order valence-electron chi connectivity index (χ3n) is 4.25. The van der Waals surface area contributed by atoms with Gasteiger partial charge in [0.1, 0.15) is 5.76 Å². The second-order valence-electron chi connectivity index (χ2n) is 5.73. The summed E-state index contributed by atoms with van der Waals surface area (Å²) in [7, 11) is 0. The molecule has 0 bridgehead atoms. The predicted octanol–water partition coefficient (Wildman–Crippen LogP) is 3.20. The number of benzene rings is 1. The quantitative estimate of drug-likeness (QED) is 0.634. The molecule has 1 aromatic heterocycles. The molecule has 1 atom stereocenters. The standard InChI is InChI=1S/C16H24FN3O/c1-5-20(6-2)16(3,4)15(19-18)13-10-11-8-7-9-12(17)14(11)21-13/h7-10,15,19H,5-6,18H2,1-4H3. The summed E-state index contributed by atoms with van der Waals surface area (Å²) in [6, 6.07) is 6.54. The molecule has 0 aliphatic heterocycles. The van der Waals surface area contributed by atoms with Crippen LogP contribution >= 0.6 is 0 Å². The monoisotopic (exact) mass is 293 g/mol. The molecule has 0 amide bonds. The molecule has 0 spiro atoms. The molecular weight excluding hydrogens is 269 g/mol. The average molecular weight is 293 g/mol. The zero-order valence-electron chi connectivity index (χ0n) is 13.1. The zero-order valence-corrected chi connectivity index (χ0v) is 13.1. The number of nitrogens with one attached hydrogen (secondary N) is 1. The Balaban J connectivity index is 2.46. The SMILES string of the molecule is CCN(CC)C(C)(C)C(NN)c1cc2cccc(F)c2o1. The van der Waals surface area contributed by atoms with Crippen LogP contribution in [0.5, 0.6) is 0 Å². The molecule has 4 nitrogen and oxygen atoms in total. The van der Waals surface area contributed by atoms with Crippen molar-refractivity contribution in [3.63, 3.8) is 0 Å². The van der Waals surface area contributed by atoms with Crippen molar-refractivity contribution < 1.29 is 8.81 Å². The minimum absolute atomic E-state index is 0.232. The van der Waals surface area contributed by atoms with E-state index in [0.717, 1.165) is 18.5 Å². The fourth-order valence-electron chi connectivity index (χ4n) is 3.05. The van der Waals surface area contributed by atoms with Crippen LogP contribution in [0.2, 0.25) is 0 Å². The molecular formula is C16H24FN3O. The molecule has 0 radical (unpaired) electrons. The van der Waals surface area contributed by atoms with E-state index in [4.69, 9.17) is 10.3 Å². The molecule has 21 heavy (non-hydrogen) atoms. The number of nitrogens with zero attached hydrogens (tertiary/aromatic N) is 1. The lowest BCUT2D eigenvalue weighted by Gasteiger charge is -2.42. The summed E-state index contributed by atoms with van der Waals surface area (Å²) < 4.78 is 19.5. The number of hydrogen-bond acceptors (Lipinski definition) is 4. The number of para-hydroxylation sites is 1. The maximum absolute atomic E-state index is 13.8. The Hall–Kier alpha value is -1.43. The van der Waals surface area contributed by atoms with Crippen LogP contribution in [0, 0.1) is 5.82 Å². The largest absolute Gasteiger partial charge is 0.456 e. The molecule has 2 aromatic rings. The van der Waals surface area contributed by atoms with Gasteiger partial charge in [0.2, 0.25) is 0 Å². The van der Waals surface area contributed by atoms with E-state index < -0.39 is 0 Å². The molecule has 0 saturated carbocycles. The molecule has 0 aliphatic rings. The normalized spacial score (nSPS) is 14.0. The summed E-state index contributed by atoms with van der Waals surface area (Å²) in [6.07, 6.45) is 0. The van der Waals surface area contributed by atoms with Crippen LogP contribution in [0.4, 0.5) is 4.39 Å². The first-order valence-corrected chi connectivity index (χ1v) is 7.34. The van der Waals surface area contributed by atoms with Crippen molar-refractivity contribution in [2.75, 3.05) is 13.1 Å². The number of likely N-dealkylation sites (N-methyl/N-ethyl adjacent to an activating group) is 1. The summed E-state index contributed by atoms with van der Waals surface area (Å²) in [5, 5.41) is 0.751. The van der Waals surface area contributed by atoms with Crippen LogP contribution in [0.3, 0.4) is 0 Å². The molecule has 1 heterocycles. The lowest BCUT2D eigenvalue weighted by molar-refractivity contribution is 0.0826. The Morgan fingerprint density at radius 2 is 2.00 bits per heavy atom. The van der Waals surface area contributed by atoms with Gasteiger partial charge in [0.25, 0.3) is 0 Å². The Labute approximate surface area is 125 Å². The van der Waals surface area contributed by atoms with Crippen molar-refractivity contribution in [1.29, 1.82) is 0 Å². The summed E-state index contributed by atoms with van der Waals surface area (Å²) in [6.45, 7) is 10.2. The van der Waals surface area contributed by atoms with Gasteiger partial charge in [-0.05, 0) is 39.1 Å². The van der Waals surface area contributed by atoms with Gasteiger partial charge in [-0.15, -0.1) is 0 Å². The van der Waals surface area contributed by atoms with Crippen molar-refractivity contribution in [3.8, 4) is 0 Å². The van der Waals surface area contributed by atoms with Gasteiger partial charge < -0.3 is 4.42 Å². The highest BCUT2D eigenvalue weighted by molar-refractivity contribution is 5.78. The van der Waals surface area contributed by atoms with Crippen molar-refractivity contribution in [2.45, 2.75) is 39.3 Å². The predicted molar refractivity (Wildman–Crippen MR) is 83.2 cm³/mol. The van der Waals surface area contributed by atoms with E-state index in [1.54, 1.807) is 6.07 Å². The Bertz CT molecular complexity index is 605. The van der Waals surface area contributed by atoms with Gasteiger partial charge >= 0.3 is 0 Å². The summed E-state index contributed by atoms with van der Waals surface area (Å²) in [4.78, 5) is 2.29. The number of furan rings is 1. The molecule has 3 N–H and O–H groups in total. The Morgan fingerprint density at radius 3 is 2.52 bits per heavy atom. The van der Waals surface area contributed by atoms with Gasteiger partial charge in [-0.1, -0.05) is 26.0 Å². The van der Waals surface area contributed by atoms with Crippen molar-refractivity contribution in [2.24, 2.45) is 5.84 Å². The average Bonchev–Trinajstić information content (AvgIpc) is 2.85. The molecule has 0 saturated heterocycles. The van der Waals surface area contributed by atoms with E-state index in [1.807, 2.05) is 12.1 Å². The summed E-state index contributed by atoms with van der Waals surface area (Å²) in [5.74, 6) is 6.06. The fraction of sp³-hybridized carbons (Fsp3) is 0.500.